The minimum absolute atomic E-state index is 0.0762. The van der Waals surface area contributed by atoms with Gasteiger partial charge in [-0.3, -0.25) is 0 Å². The van der Waals surface area contributed by atoms with Crippen LogP contribution < -0.4 is 9.47 Å². The molecule has 0 amide bonds. The van der Waals surface area contributed by atoms with E-state index in [4.69, 9.17) is 9.47 Å². The van der Waals surface area contributed by atoms with E-state index in [1.807, 2.05) is 31.2 Å². The smallest absolute Gasteiger partial charge is 0.213 e. The van der Waals surface area contributed by atoms with E-state index in [9.17, 15) is 12.8 Å². The van der Waals surface area contributed by atoms with Crippen LogP contribution in [0.5, 0.6) is 11.6 Å². The highest BCUT2D eigenvalue weighted by atomic mass is 32.2. The van der Waals surface area contributed by atoms with Crippen molar-refractivity contribution in [2.24, 2.45) is 5.92 Å². The number of pyridine rings is 1. The van der Waals surface area contributed by atoms with E-state index >= 15 is 0 Å². The van der Waals surface area contributed by atoms with Crippen molar-refractivity contribution in [3.63, 3.8) is 0 Å². The Morgan fingerprint density at radius 2 is 1.78 bits per heavy atom. The minimum atomic E-state index is -3.17. The van der Waals surface area contributed by atoms with Gasteiger partial charge in [-0.15, -0.1) is 0 Å². The van der Waals surface area contributed by atoms with Gasteiger partial charge in [-0.1, -0.05) is 19.1 Å². The highest BCUT2D eigenvalue weighted by molar-refractivity contribution is 7.88. The molecule has 2 aromatic carbocycles. The molecule has 8 heteroatoms. The SMILES string of the molecule is Cc1nc(OC2CCN(S(C)(=O)=O)CC2)ccc1-c1ccc(F)c(COc2ccc3c(c2)CC(C)C3)c1. The summed E-state index contributed by atoms with van der Waals surface area (Å²) in [6.07, 6.45) is 4.57. The third-order valence-corrected chi connectivity index (χ3v) is 8.59. The van der Waals surface area contributed by atoms with Crippen LogP contribution in [0, 0.1) is 18.7 Å². The van der Waals surface area contributed by atoms with E-state index in [0.717, 1.165) is 35.4 Å². The summed E-state index contributed by atoms with van der Waals surface area (Å²) >= 11 is 0. The number of nitrogens with zero attached hydrogens (tertiary/aromatic N) is 2. The zero-order valence-corrected chi connectivity index (χ0v) is 22.4. The number of hydrogen-bond donors (Lipinski definition) is 0. The molecular weight excluding hydrogens is 491 g/mol. The molecule has 1 aromatic heterocycles. The van der Waals surface area contributed by atoms with E-state index in [1.165, 1.54) is 27.8 Å². The van der Waals surface area contributed by atoms with Gasteiger partial charge in [0.2, 0.25) is 15.9 Å². The zero-order chi connectivity index (χ0) is 26.2. The number of ether oxygens (including phenoxy) is 2. The van der Waals surface area contributed by atoms with E-state index in [0.29, 0.717) is 43.3 Å². The summed E-state index contributed by atoms with van der Waals surface area (Å²) in [7, 11) is -3.17. The van der Waals surface area contributed by atoms with Crippen LogP contribution in [0.4, 0.5) is 4.39 Å². The van der Waals surface area contributed by atoms with E-state index < -0.39 is 10.0 Å². The minimum Gasteiger partial charge on any atom is -0.489 e. The molecule has 1 aliphatic heterocycles. The Labute approximate surface area is 218 Å². The second-order valence-electron chi connectivity index (χ2n) is 10.3. The summed E-state index contributed by atoms with van der Waals surface area (Å²) < 4.78 is 51.6. The van der Waals surface area contributed by atoms with Crippen LogP contribution in [0.25, 0.3) is 11.1 Å². The summed E-state index contributed by atoms with van der Waals surface area (Å²) in [5.41, 5.74) is 5.72. The standard InChI is InChI=1S/C29H33FN2O4S/c1-19-14-21-4-6-26(17-23(21)15-19)35-18-24-16-22(5-8-28(24)30)27-7-9-29(31-20(27)2)36-25-10-12-32(13-11-25)37(3,33)34/h4-9,16-17,19,25H,10-15,18H2,1-3H3. The summed E-state index contributed by atoms with van der Waals surface area (Å²) in [6.45, 7) is 5.20. The lowest BCUT2D eigenvalue weighted by molar-refractivity contribution is 0.130. The highest BCUT2D eigenvalue weighted by Gasteiger charge is 2.26. The molecule has 0 N–H and O–H groups in total. The van der Waals surface area contributed by atoms with Crippen LogP contribution in [-0.2, 0) is 29.5 Å². The molecule has 37 heavy (non-hydrogen) atoms. The maximum Gasteiger partial charge on any atom is 0.213 e. The van der Waals surface area contributed by atoms with Gasteiger partial charge in [0.25, 0.3) is 0 Å². The van der Waals surface area contributed by atoms with Crippen molar-refractivity contribution in [3.05, 3.63) is 76.7 Å². The van der Waals surface area contributed by atoms with Crippen LogP contribution in [0.1, 0.15) is 42.1 Å². The number of halogens is 1. The quantitative estimate of drug-likeness (QED) is 0.419. The average molecular weight is 525 g/mol. The average Bonchev–Trinajstić information content (AvgIpc) is 3.23. The number of aromatic nitrogens is 1. The molecule has 0 radical (unpaired) electrons. The molecule has 1 saturated heterocycles. The topological polar surface area (TPSA) is 68.7 Å². The molecule has 1 aliphatic carbocycles. The van der Waals surface area contributed by atoms with E-state index in [1.54, 1.807) is 6.07 Å². The third kappa shape index (κ3) is 5.96. The number of fused-ring (bicyclic) bond motifs is 1. The predicted octanol–water partition coefficient (Wildman–Crippen LogP) is 5.31. The molecule has 1 unspecified atom stereocenters. The molecule has 5 rings (SSSR count). The fourth-order valence-electron chi connectivity index (χ4n) is 5.28. The first kappa shape index (κ1) is 25.7. The van der Waals surface area contributed by atoms with Crippen LogP contribution in [0.3, 0.4) is 0 Å². The molecule has 6 nitrogen and oxygen atoms in total. The monoisotopic (exact) mass is 524 g/mol. The van der Waals surface area contributed by atoms with Crippen molar-refractivity contribution in [1.82, 2.24) is 9.29 Å². The van der Waals surface area contributed by atoms with Gasteiger partial charge in [-0.05, 0) is 85.5 Å². The Kier molecular flexibility index (Phi) is 7.23. The fraction of sp³-hybridized carbons (Fsp3) is 0.414. The summed E-state index contributed by atoms with van der Waals surface area (Å²) in [5.74, 6) is 1.63. The Hall–Kier alpha value is -2.97. The lowest BCUT2D eigenvalue weighted by atomic mass is 10.0. The summed E-state index contributed by atoms with van der Waals surface area (Å²) in [6, 6.07) is 15.0. The first-order valence-corrected chi connectivity index (χ1v) is 14.6. The van der Waals surface area contributed by atoms with Crippen LogP contribution in [0.15, 0.2) is 48.5 Å². The van der Waals surface area contributed by atoms with Crippen molar-refractivity contribution >= 4 is 10.0 Å². The molecule has 0 bridgehead atoms. The first-order chi connectivity index (χ1) is 17.7. The maximum absolute atomic E-state index is 14.6. The molecule has 0 saturated carbocycles. The largest absolute Gasteiger partial charge is 0.489 e. The highest BCUT2D eigenvalue weighted by Crippen LogP contribution is 2.31. The third-order valence-electron chi connectivity index (χ3n) is 7.28. The summed E-state index contributed by atoms with van der Waals surface area (Å²) in [4.78, 5) is 4.62. The summed E-state index contributed by atoms with van der Waals surface area (Å²) in [5, 5.41) is 0. The Morgan fingerprint density at radius 3 is 2.51 bits per heavy atom. The molecule has 2 aliphatic rings. The number of rotatable bonds is 7. The van der Waals surface area contributed by atoms with Crippen LogP contribution in [0.2, 0.25) is 0 Å². The molecule has 3 aromatic rings. The number of aryl methyl sites for hydroxylation is 1. The predicted molar refractivity (Wildman–Crippen MR) is 142 cm³/mol. The van der Waals surface area contributed by atoms with Crippen molar-refractivity contribution < 1.29 is 22.3 Å². The second kappa shape index (κ2) is 10.4. The molecule has 0 spiro atoms. The molecule has 196 valence electrons. The van der Waals surface area contributed by atoms with Gasteiger partial charge in [0.05, 0.1) is 6.26 Å². The van der Waals surface area contributed by atoms with Gasteiger partial charge in [0.1, 0.15) is 24.3 Å². The van der Waals surface area contributed by atoms with Crippen LogP contribution in [-0.4, -0.2) is 43.2 Å². The maximum atomic E-state index is 14.6. The Bertz CT molecular complexity index is 1400. The lowest BCUT2D eigenvalue weighted by Gasteiger charge is -2.30. The van der Waals surface area contributed by atoms with Gasteiger partial charge in [-0.25, -0.2) is 22.1 Å². The zero-order valence-electron chi connectivity index (χ0n) is 21.5. The number of sulfonamides is 1. The normalized spacial score (nSPS) is 18.5. The van der Waals surface area contributed by atoms with Crippen LogP contribution >= 0.6 is 0 Å². The molecule has 2 heterocycles. The molecular formula is C29H33FN2O4S. The van der Waals surface area contributed by atoms with Crippen molar-refractivity contribution in [2.75, 3.05) is 19.3 Å². The molecule has 1 atom stereocenters. The van der Waals surface area contributed by atoms with Crippen molar-refractivity contribution in [2.45, 2.75) is 52.2 Å². The van der Waals surface area contributed by atoms with Gasteiger partial charge in [0.15, 0.2) is 0 Å². The van der Waals surface area contributed by atoms with E-state index in [-0.39, 0.29) is 18.5 Å². The Morgan fingerprint density at radius 1 is 1.03 bits per heavy atom. The second-order valence-corrected chi connectivity index (χ2v) is 12.3. The van der Waals surface area contributed by atoms with Gasteiger partial charge in [0, 0.05) is 36.0 Å². The molecule has 1 fully saturated rings. The lowest BCUT2D eigenvalue weighted by Crippen LogP contribution is -2.41. The number of piperidine rings is 1. The van der Waals surface area contributed by atoms with Gasteiger partial charge in [-0.2, -0.15) is 0 Å². The van der Waals surface area contributed by atoms with Gasteiger partial charge < -0.3 is 9.47 Å². The first-order valence-electron chi connectivity index (χ1n) is 12.8. The Balaban J connectivity index is 1.25. The number of hydrogen-bond acceptors (Lipinski definition) is 5. The van der Waals surface area contributed by atoms with Crippen molar-refractivity contribution in [1.29, 1.82) is 0 Å². The fourth-order valence-corrected chi connectivity index (χ4v) is 6.15. The number of benzene rings is 2. The van der Waals surface area contributed by atoms with E-state index in [2.05, 4.69) is 24.0 Å². The van der Waals surface area contributed by atoms with Gasteiger partial charge >= 0.3 is 0 Å². The van der Waals surface area contributed by atoms with Crippen molar-refractivity contribution in [3.8, 4) is 22.8 Å².